The van der Waals surface area contributed by atoms with Crippen LogP contribution in [0.15, 0.2) is 42.7 Å². The molecule has 1 fully saturated rings. The Morgan fingerprint density at radius 1 is 1.33 bits per heavy atom. The van der Waals surface area contributed by atoms with Crippen molar-refractivity contribution in [2.45, 2.75) is 25.5 Å². The fourth-order valence-corrected chi connectivity index (χ4v) is 3.19. The number of H-pyrrole nitrogens is 1. The third-order valence-corrected chi connectivity index (χ3v) is 4.35. The highest BCUT2D eigenvalue weighted by Gasteiger charge is 2.29. The van der Waals surface area contributed by atoms with Crippen LogP contribution in [0.4, 0.5) is 0 Å². The monoisotopic (exact) mass is 285 g/mol. The fraction of sp³-hybridized carbons (Fsp3) is 0.471. The fourth-order valence-electron chi connectivity index (χ4n) is 3.19. The number of hydrogen-bond acceptors (Lipinski definition) is 3. The van der Waals surface area contributed by atoms with Gasteiger partial charge in [0, 0.05) is 26.0 Å². The molecular formula is C17H23N3O. The molecule has 0 bridgehead atoms. The van der Waals surface area contributed by atoms with Crippen LogP contribution in [-0.2, 0) is 17.7 Å². The summed E-state index contributed by atoms with van der Waals surface area (Å²) in [5.41, 5.74) is 1.41. The Morgan fingerprint density at radius 3 is 2.90 bits per heavy atom. The third-order valence-electron chi connectivity index (χ3n) is 4.35. The zero-order valence-corrected chi connectivity index (χ0v) is 12.5. The largest absolute Gasteiger partial charge is 0.380 e. The summed E-state index contributed by atoms with van der Waals surface area (Å²) >= 11 is 0. The molecule has 1 saturated heterocycles. The van der Waals surface area contributed by atoms with Crippen LogP contribution in [0, 0.1) is 5.92 Å². The van der Waals surface area contributed by atoms with E-state index in [4.69, 9.17) is 4.74 Å². The predicted octanol–water partition coefficient (Wildman–Crippen LogP) is 2.49. The van der Waals surface area contributed by atoms with Crippen molar-refractivity contribution in [3.05, 3.63) is 54.1 Å². The molecule has 0 spiro atoms. The van der Waals surface area contributed by atoms with E-state index in [1.54, 1.807) is 0 Å². The van der Waals surface area contributed by atoms with Crippen LogP contribution in [0.5, 0.6) is 0 Å². The molecule has 0 saturated carbocycles. The summed E-state index contributed by atoms with van der Waals surface area (Å²) in [4.78, 5) is 9.91. The highest BCUT2D eigenvalue weighted by Crippen LogP contribution is 2.24. The lowest BCUT2D eigenvalue weighted by Crippen LogP contribution is -2.45. The molecule has 3 rings (SSSR count). The van der Waals surface area contributed by atoms with Gasteiger partial charge in [0.25, 0.3) is 0 Å². The zero-order valence-electron chi connectivity index (χ0n) is 12.5. The van der Waals surface area contributed by atoms with Crippen molar-refractivity contribution in [2.75, 3.05) is 20.2 Å². The smallest absolute Gasteiger partial charge is 0.120 e. The van der Waals surface area contributed by atoms with E-state index < -0.39 is 0 Å². The van der Waals surface area contributed by atoms with Gasteiger partial charge in [-0.05, 0) is 30.9 Å². The lowest BCUT2D eigenvalue weighted by molar-refractivity contribution is -0.0142. The van der Waals surface area contributed by atoms with Crippen LogP contribution < -0.4 is 0 Å². The first-order valence-electron chi connectivity index (χ1n) is 7.62. The van der Waals surface area contributed by atoms with Gasteiger partial charge in [-0.1, -0.05) is 30.3 Å². The summed E-state index contributed by atoms with van der Waals surface area (Å²) < 4.78 is 5.75. The number of likely N-dealkylation sites (tertiary alicyclic amines) is 1. The second kappa shape index (κ2) is 6.87. The highest BCUT2D eigenvalue weighted by molar-refractivity contribution is 5.15. The normalized spacial score (nSPS) is 23.3. The number of rotatable bonds is 5. The Bertz CT molecular complexity index is 526. The second-order valence-corrected chi connectivity index (χ2v) is 5.78. The molecule has 1 aliphatic heterocycles. The maximum Gasteiger partial charge on any atom is 0.120 e. The van der Waals surface area contributed by atoms with Crippen LogP contribution >= 0.6 is 0 Å². The van der Waals surface area contributed by atoms with Crippen LogP contribution in [0.25, 0.3) is 0 Å². The molecule has 4 nitrogen and oxygen atoms in total. The summed E-state index contributed by atoms with van der Waals surface area (Å²) in [6.45, 7) is 2.97. The molecule has 1 aromatic heterocycles. The molecule has 0 amide bonds. The zero-order chi connectivity index (χ0) is 14.5. The van der Waals surface area contributed by atoms with Crippen molar-refractivity contribution in [1.29, 1.82) is 0 Å². The minimum atomic E-state index is 0.300. The molecule has 0 radical (unpaired) electrons. The van der Waals surface area contributed by atoms with E-state index in [1.165, 1.54) is 12.0 Å². The van der Waals surface area contributed by atoms with Gasteiger partial charge >= 0.3 is 0 Å². The standard InChI is InChI=1S/C17H23N3O/c1-21-16-12-20(13-17-18-8-9-19-17)10-7-15(16)11-14-5-3-2-4-6-14/h2-6,8-9,15-16H,7,10-13H2,1H3,(H,18,19)/t15-,16-/m1/s1. The third kappa shape index (κ3) is 3.71. The van der Waals surface area contributed by atoms with Gasteiger partial charge < -0.3 is 9.72 Å². The lowest BCUT2D eigenvalue weighted by atomic mass is 9.87. The highest BCUT2D eigenvalue weighted by atomic mass is 16.5. The van der Waals surface area contributed by atoms with Crippen LogP contribution in [0.3, 0.4) is 0 Å². The van der Waals surface area contributed by atoms with Gasteiger partial charge in [-0.3, -0.25) is 4.90 Å². The number of imidazole rings is 1. The van der Waals surface area contributed by atoms with E-state index >= 15 is 0 Å². The molecule has 21 heavy (non-hydrogen) atoms. The Kier molecular flexibility index (Phi) is 4.68. The summed E-state index contributed by atoms with van der Waals surface area (Å²) in [5, 5.41) is 0. The summed E-state index contributed by atoms with van der Waals surface area (Å²) in [6, 6.07) is 10.7. The predicted molar refractivity (Wildman–Crippen MR) is 82.9 cm³/mol. The van der Waals surface area contributed by atoms with Gasteiger partial charge in [0.2, 0.25) is 0 Å². The van der Waals surface area contributed by atoms with E-state index in [1.807, 2.05) is 19.5 Å². The Balaban J connectivity index is 1.58. The van der Waals surface area contributed by atoms with E-state index in [0.29, 0.717) is 12.0 Å². The van der Waals surface area contributed by atoms with Crippen molar-refractivity contribution in [3.63, 3.8) is 0 Å². The molecule has 2 heterocycles. The van der Waals surface area contributed by atoms with Crippen molar-refractivity contribution in [1.82, 2.24) is 14.9 Å². The molecule has 1 aliphatic rings. The van der Waals surface area contributed by atoms with Gasteiger partial charge in [0.05, 0.1) is 12.6 Å². The summed E-state index contributed by atoms with van der Waals surface area (Å²) in [7, 11) is 1.83. The number of methoxy groups -OCH3 is 1. The van der Waals surface area contributed by atoms with Gasteiger partial charge in [-0.25, -0.2) is 4.98 Å². The van der Waals surface area contributed by atoms with Crippen molar-refractivity contribution in [2.24, 2.45) is 5.92 Å². The van der Waals surface area contributed by atoms with Gasteiger partial charge in [0.1, 0.15) is 5.82 Å². The van der Waals surface area contributed by atoms with Crippen LogP contribution in [-0.4, -0.2) is 41.2 Å². The minimum Gasteiger partial charge on any atom is -0.380 e. The molecule has 0 unspecified atom stereocenters. The Labute approximate surface area is 126 Å². The first-order chi connectivity index (χ1) is 10.3. The number of hydrogen-bond donors (Lipinski definition) is 1. The van der Waals surface area contributed by atoms with E-state index in [2.05, 4.69) is 45.2 Å². The van der Waals surface area contributed by atoms with E-state index in [0.717, 1.165) is 31.9 Å². The molecule has 1 N–H and O–H groups in total. The topological polar surface area (TPSA) is 41.1 Å². The molecule has 0 aliphatic carbocycles. The SMILES string of the molecule is CO[C@@H]1CN(Cc2ncc[nH]2)CC[C@@H]1Cc1ccccc1. The lowest BCUT2D eigenvalue weighted by Gasteiger charge is -2.37. The average molecular weight is 285 g/mol. The van der Waals surface area contributed by atoms with Gasteiger partial charge in [-0.15, -0.1) is 0 Å². The molecule has 4 heteroatoms. The van der Waals surface area contributed by atoms with Gasteiger partial charge in [-0.2, -0.15) is 0 Å². The van der Waals surface area contributed by atoms with Crippen LogP contribution in [0.2, 0.25) is 0 Å². The number of nitrogens with one attached hydrogen (secondary N) is 1. The number of aromatic amines is 1. The summed E-state index contributed by atoms with van der Waals surface area (Å²) in [5.74, 6) is 1.64. The van der Waals surface area contributed by atoms with Gasteiger partial charge in [0.15, 0.2) is 0 Å². The van der Waals surface area contributed by atoms with Crippen LogP contribution in [0.1, 0.15) is 17.8 Å². The number of piperidine rings is 1. The first kappa shape index (κ1) is 14.3. The molecule has 2 atom stereocenters. The quantitative estimate of drug-likeness (QED) is 0.917. The Morgan fingerprint density at radius 2 is 2.19 bits per heavy atom. The molecule has 112 valence electrons. The second-order valence-electron chi connectivity index (χ2n) is 5.78. The molecule has 2 aromatic rings. The molecule has 1 aromatic carbocycles. The number of nitrogens with zero attached hydrogens (tertiary/aromatic N) is 2. The van der Waals surface area contributed by atoms with E-state index in [-0.39, 0.29) is 0 Å². The van der Waals surface area contributed by atoms with Crippen molar-refractivity contribution in [3.8, 4) is 0 Å². The number of ether oxygens (including phenoxy) is 1. The summed E-state index contributed by atoms with van der Waals surface area (Å²) in [6.07, 6.45) is 6.27. The molecular weight excluding hydrogens is 262 g/mol. The number of aromatic nitrogens is 2. The Hall–Kier alpha value is -1.65. The number of benzene rings is 1. The van der Waals surface area contributed by atoms with E-state index in [9.17, 15) is 0 Å². The average Bonchev–Trinajstić information content (AvgIpc) is 3.03. The first-order valence-corrected chi connectivity index (χ1v) is 7.62. The minimum absolute atomic E-state index is 0.300. The maximum atomic E-state index is 5.75. The maximum absolute atomic E-state index is 5.75. The van der Waals surface area contributed by atoms with Crippen molar-refractivity contribution >= 4 is 0 Å². The van der Waals surface area contributed by atoms with Crippen molar-refractivity contribution < 1.29 is 4.74 Å².